The number of nitrogens with two attached hydrogens (primary N) is 1. The SMILES string of the molecule is CC(CNS(=O)(=O)c1cc(Cl)cc(N)c1F)N(C)C1CC1. The van der Waals surface area contributed by atoms with Gasteiger partial charge in [-0.3, -0.25) is 4.90 Å². The lowest BCUT2D eigenvalue weighted by molar-refractivity contribution is 0.248. The number of hydrogen-bond acceptors (Lipinski definition) is 4. The zero-order chi connectivity index (χ0) is 15.8. The second-order valence-electron chi connectivity index (χ2n) is 5.40. The number of benzene rings is 1. The van der Waals surface area contributed by atoms with Gasteiger partial charge in [0, 0.05) is 23.7 Å². The summed E-state index contributed by atoms with van der Waals surface area (Å²) in [5, 5.41) is 0.0809. The molecule has 0 amide bonds. The van der Waals surface area contributed by atoms with Crippen LogP contribution in [0.2, 0.25) is 5.02 Å². The van der Waals surface area contributed by atoms with Gasteiger partial charge in [-0.15, -0.1) is 0 Å². The fourth-order valence-electron chi connectivity index (χ4n) is 2.07. The van der Waals surface area contributed by atoms with Crippen LogP contribution in [0.4, 0.5) is 10.1 Å². The van der Waals surface area contributed by atoms with Crippen LogP contribution in [0.15, 0.2) is 17.0 Å². The van der Waals surface area contributed by atoms with Gasteiger partial charge in [0.15, 0.2) is 5.82 Å². The second-order valence-corrected chi connectivity index (χ2v) is 7.58. The summed E-state index contributed by atoms with van der Waals surface area (Å²) in [5.41, 5.74) is 5.12. The van der Waals surface area contributed by atoms with E-state index in [0.717, 1.165) is 18.9 Å². The van der Waals surface area contributed by atoms with E-state index in [2.05, 4.69) is 9.62 Å². The highest BCUT2D eigenvalue weighted by Gasteiger charge is 2.30. The van der Waals surface area contributed by atoms with Gasteiger partial charge in [0.05, 0.1) is 5.69 Å². The number of rotatable bonds is 6. The van der Waals surface area contributed by atoms with E-state index >= 15 is 0 Å². The number of hydrogen-bond donors (Lipinski definition) is 2. The summed E-state index contributed by atoms with van der Waals surface area (Å²) in [6.45, 7) is 2.12. The minimum atomic E-state index is -3.99. The Bertz CT molecular complexity index is 635. The van der Waals surface area contributed by atoms with Gasteiger partial charge in [0.2, 0.25) is 10.0 Å². The summed E-state index contributed by atoms with van der Waals surface area (Å²) in [4.78, 5) is 1.60. The Balaban J connectivity index is 2.11. The van der Waals surface area contributed by atoms with Crippen molar-refractivity contribution in [1.82, 2.24) is 9.62 Å². The molecule has 0 aromatic heterocycles. The smallest absolute Gasteiger partial charge is 0.243 e. The minimum absolute atomic E-state index is 0.0202. The van der Waals surface area contributed by atoms with E-state index < -0.39 is 20.7 Å². The summed E-state index contributed by atoms with van der Waals surface area (Å²) in [5.74, 6) is -0.977. The maximum atomic E-state index is 13.9. The molecule has 1 unspecified atom stereocenters. The van der Waals surface area contributed by atoms with Crippen LogP contribution in [0, 0.1) is 5.82 Å². The Morgan fingerprint density at radius 3 is 2.71 bits per heavy atom. The molecule has 21 heavy (non-hydrogen) atoms. The second kappa shape index (κ2) is 6.08. The van der Waals surface area contributed by atoms with Gasteiger partial charge in [-0.05, 0) is 38.9 Å². The van der Waals surface area contributed by atoms with E-state index in [1.807, 2.05) is 14.0 Å². The van der Waals surface area contributed by atoms with Crippen LogP contribution in [-0.2, 0) is 10.0 Å². The molecule has 1 fully saturated rings. The first kappa shape index (κ1) is 16.5. The van der Waals surface area contributed by atoms with E-state index in [4.69, 9.17) is 17.3 Å². The van der Waals surface area contributed by atoms with Gasteiger partial charge in [0.25, 0.3) is 0 Å². The average Bonchev–Trinajstić information content (AvgIpc) is 3.23. The monoisotopic (exact) mass is 335 g/mol. The molecule has 1 aliphatic carbocycles. The zero-order valence-corrected chi connectivity index (χ0v) is 13.5. The van der Waals surface area contributed by atoms with Crippen LogP contribution in [0.3, 0.4) is 0 Å². The highest BCUT2D eigenvalue weighted by Crippen LogP contribution is 2.27. The molecule has 1 aromatic carbocycles. The zero-order valence-electron chi connectivity index (χ0n) is 11.9. The summed E-state index contributed by atoms with van der Waals surface area (Å²) in [7, 11) is -2.03. The molecule has 0 aliphatic heterocycles. The molecule has 8 heteroatoms. The van der Waals surface area contributed by atoms with Crippen molar-refractivity contribution in [2.24, 2.45) is 0 Å². The standard InChI is InChI=1S/C13H19ClFN3O2S/c1-8(18(2)10-3-4-10)7-17-21(19,20)12-6-9(14)5-11(16)13(12)15/h5-6,8,10,17H,3-4,7,16H2,1-2H3. The minimum Gasteiger partial charge on any atom is -0.396 e. The quantitative estimate of drug-likeness (QED) is 0.778. The molecule has 0 saturated heterocycles. The highest BCUT2D eigenvalue weighted by molar-refractivity contribution is 7.89. The molecule has 1 aromatic rings. The van der Waals surface area contributed by atoms with Crippen molar-refractivity contribution in [3.8, 4) is 0 Å². The topological polar surface area (TPSA) is 75.4 Å². The Hall–Kier alpha value is -0.890. The van der Waals surface area contributed by atoms with E-state index in [0.29, 0.717) is 6.04 Å². The predicted octanol–water partition coefficient (Wildman–Crippen LogP) is 1.82. The molecule has 5 nitrogen and oxygen atoms in total. The number of anilines is 1. The van der Waals surface area contributed by atoms with Gasteiger partial charge in [-0.1, -0.05) is 11.6 Å². The Labute approximate surface area is 129 Å². The molecule has 1 aliphatic rings. The molecule has 0 radical (unpaired) electrons. The first-order valence-corrected chi connectivity index (χ1v) is 8.54. The Morgan fingerprint density at radius 2 is 2.14 bits per heavy atom. The van der Waals surface area contributed by atoms with Gasteiger partial charge >= 0.3 is 0 Å². The van der Waals surface area contributed by atoms with Gasteiger partial charge in [-0.2, -0.15) is 0 Å². The van der Waals surface area contributed by atoms with Crippen molar-refractivity contribution in [1.29, 1.82) is 0 Å². The molecule has 1 atom stereocenters. The van der Waals surface area contributed by atoms with Crippen molar-refractivity contribution in [3.63, 3.8) is 0 Å². The number of halogens is 2. The molecular weight excluding hydrogens is 317 g/mol. The van der Waals surface area contributed by atoms with Crippen molar-refractivity contribution in [3.05, 3.63) is 23.0 Å². The number of sulfonamides is 1. The van der Waals surface area contributed by atoms with E-state index in [1.165, 1.54) is 6.07 Å². The van der Waals surface area contributed by atoms with Crippen molar-refractivity contribution in [2.75, 3.05) is 19.3 Å². The normalized spacial score (nSPS) is 17.2. The van der Waals surface area contributed by atoms with Gasteiger partial charge < -0.3 is 5.73 Å². The van der Waals surface area contributed by atoms with Gasteiger partial charge in [0.1, 0.15) is 4.90 Å². The van der Waals surface area contributed by atoms with Crippen molar-refractivity contribution in [2.45, 2.75) is 36.7 Å². The third kappa shape index (κ3) is 3.85. The van der Waals surface area contributed by atoms with Crippen molar-refractivity contribution < 1.29 is 12.8 Å². The fraction of sp³-hybridized carbons (Fsp3) is 0.538. The van der Waals surface area contributed by atoms with E-state index in [1.54, 1.807) is 0 Å². The van der Waals surface area contributed by atoms with E-state index in [9.17, 15) is 12.8 Å². The average molecular weight is 336 g/mol. The lowest BCUT2D eigenvalue weighted by atomic mass is 10.3. The number of nitrogens with zero attached hydrogens (tertiary/aromatic N) is 1. The number of nitrogen functional groups attached to an aromatic ring is 1. The molecular formula is C13H19ClFN3O2S. The van der Waals surface area contributed by atoms with Crippen LogP contribution in [0.5, 0.6) is 0 Å². The molecule has 118 valence electrons. The van der Waals surface area contributed by atoms with Crippen LogP contribution < -0.4 is 10.5 Å². The summed E-state index contributed by atoms with van der Waals surface area (Å²) < 4.78 is 40.7. The molecule has 3 N–H and O–H groups in total. The Kier molecular flexibility index (Phi) is 4.77. The third-order valence-corrected chi connectivity index (χ3v) is 5.35. The first-order chi connectivity index (χ1) is 9.72. The lowest BCUT2D eigenvalue weighted by Crippen LogP contribution is -2.41. The van der Waals surface area contributed by atoms with Crippen LogP contribution in [0.1, 0.15) is 19.8 Å². The number of nitrogens with one attached hydrogen (secondary N) is 1. The van der Waals surface area contributed by atoms with Crippen LogP contribution in [0.25, 0.3) is 0 Å². The predicted molar refractivity (Wildman–Crippen MR) is 81.3 cm³/mol. The summed E-state index contributed by atoms with van der Waals surface area (Å²) in [6.07, 6.45) is 2.26. The third-order valence-electron chi connectivity index (χ3n) is 3.71. The Morgan fingerprint density at radius 1 is 1.52 bits per heavy atom. The molecule has 0 spiro atoms. The highest BCUT2D eigenvalue weighted by atomic mass is 35.5. The molecule has 0 heterocycles. The van der Waals surface area contributed by atoms with Crippen molar-refractivity contribution >= 4 is 27.3 Å². The fourth-order valence-corrected chi connectivity index (χ4v) is 3.62. The maximum Gasteiger partial charge on any atom is 0.243 e. The lowest BCUT2D eigenvalue weighted by Gasteiger charge is -2.24. The summed E-state index contributed by atoms with van der Waals surface area (Å²) in [6, 6.07) is 2.78. The molecule has 1 saturated carbocycles. The summed E-state index contributed by atoms with van der Waals surface area (Å²) >= 11 is 5.74. The molecule has 2 rings (SSSR count). The van der Waals surface area contributed by atoms with E-state index in [-0.39, 0.29) is 23.3 Å². The first-order valence-electron chi connectivity index (χ1n) is 6.68. The van der Waals surface area contributed by atoms with Crippen LogP contribution >= 0.6 is 11.6 Å². The van der Waals surface area contributed by atoms with Gasteiger partial charge in [-0.25, -0.2) is 17.5 Å². The molecule has 0 bridgehead atoms. The van der Waals surface area contributed by atoms with Crippen LogP contribution in [-0.4, -0.2) is 39.0 Å². The largest absolute Gasteiger partial charge is 0.396 e. The number of likely N-dealkylation sites (N-methyl/N-ethyl adjacent to an activating group) is 1. The maximum absolute atomic E-state index is 13.9.